The summed E-state index contributed by atoms with van der Waals surface area (Å²) in [6.45, 7) is 9.57. The lowest BCUT2D eigenvalue weighted by Crippen LogP contribution is -2.35. The van der Waals surface area contributed by atoms with Crippen LogP contribution >= 0.6 is 0 Å². The predicted octanol–water partition coefficient (Wildman–Crippen LogP) is 6.56. The fourth-order valence-electron chi connectivity index (χ4n) is 6.96. The zero-order valence-corrected chi connectivity index (χ0v) is 21.4. The number of aryl methyl sites for hydroxylation is 1. The Kier molecular flexibility index (Phi) is 7.38. The van der Waals surface area contributed by atoms with E-state index in [1.165, 1.54) is 25.7 Å². The van der Waals surface area contributed by atoms with Crippen LogP contribution in [0, 0.1) is 30.6 Å². The molecule has 3 saturated carbocycles. The molecule has 0 aliphatic heterocycles. The van der Waals surface area contributed by atoms with Crippen molar-refractivity contribution < 1.29 is 13.6 Å². The molecule has 0 amide bonds. The Morgan fingerprint density at radius 3 is 2.12 bits per heavy atom. The SMILES string of the molecule is Cc1nnc(C2CCC(c3nnc(C4CC(C)CC(OCCC(C)C)C4)o3)C3CCCCC23)o1. The van der Waals surface area contributed by atoms with Gasteiger partial charge >= 0.3 is 0 Å². The Bertz CT molecular complexity index is 925. The van der Waals surface area contributed by atoms with Crippen LogP contribution < -0.4 is 0 Å². The molecule has 188 valence electrons. The number of hydrogen-bond donors (Lipinski definition) is 0. The van der Waals surface area contributed by atoms with Gasteiger partial charge in [-0.05, 0) is 75.0 Å². The first kappa shape index (κ1) is 24.0. The third kappa shape index (κ3) is 5.24. The van der Waals surface area contributed by atoms with Crippen LogP contribution in [0.15, 0.2) is 8.83 Å². The van der Waals surface area contributed by atoms with Gasteiger partial charge in [0.1, 0.15) is 0 Å². The second-order valence-electron chi connectivity index (χ2n) is 11.7. The van der Waals surface area contributed by atoms with Crippen LogP contribution in [0.3, 0.4) is 0 Å². The summed E-state index contributed by atoms with van der Waals surface area (Å²) < 4.78 is 18.6. The molecule has 2 aromatic heterocycles. The van der Waals surface area contributed by atoms with Gasteiger partial charge in [0, 0.05) is 31.3 Å². The van der Waals surface area contributed by atoms with Crippen LogP contribution in [-0.2, 0) is 4.74 Å². The van der Waals surface area contributed by atoms with E-state index in [1.807, 2.05) is 6.92 Å². The number of nitrogens with zero attached hydrogens (tertiary/aromatic N) is 4. The van der Waals surface area contributed by atoms with Crippen molar-refractivity contribution in [1.29, 1.82) is 0 Å². The zero-order valence-electron chi connectivity index (χ0n) is 21.4. The first-order valence-electron chi connectivity index (χ1n) is 13.7. The lowest BCUT2D eigenvalue weighted by atomic mass is 9.61. The fourth-order valence-corrected chi connectivity index (χ4v) is 6.96. The largest absolute Gasteiger partial charge is 0.425 e. The molecule has 0 N–H and O–H groups in total. The van der Waals surface area contributed by atoms with Gasteiger partial charge in [0.05, 0.1) is 6.10 Å². The highest BCUT2D eigenvalue weighted by molar-refractivity contribution is 5.09. The van der Waals surface area contributed by atoms with Gasteiger partial charge < -0.3 is 13.6 Å². The van der Waals surface area contributed by atoms with E-state index in [2.05, 4.69) is 41.2 Å². The molecule has 2 heterocycles. The minimum Gasteiger partial charge on any atom is -0.425 e. The molecule has 3 aliphatic rings. The molecule has 7 heteroatoms. The molecule has 3 fully saturated rings. The molecular formula is C27H42N4O3. The van der Waals surface area contributed by atoms with Gasteiger partial charge in [-0.1, -0.05) is 33.6 Å². The van der Waals surface area contributed by atoms with Crippen LogP contribution in [0.4, 0.5) is 0 Å². The van der Waals surface area contributed by atoms with Crippen molar-refractivity contribution in [2.24, 2.45) is 23.7 Å². The highest BCUT2D eigenvalue weighted by Crippen LogP contribution is 2.53. The van der Waals surface area contributed by atoms with Crippen LogP contribution in [0.2, 0.25) is 0 Å². The summed E-state index contributed by atoms with van der Waals surface area (Å²) in [6.07, 6.45) is 11.8. The van der Waals surface area contributed by atoms with Gasteiger partial charge in [-0.25, -0.2) is 0 Å². The van der Waals surface area contributed by atoms with Gasteiger partial charge in [0.15, 0.2) is 0 Å². The number of ether oxygens (including phenoxy) is 1. The van der Waals surface area contributed by atoms with Gasteiger partial charge in [-0.3, -0.25) is 0 Å². The quantitative estimate of drug-likeness (QED) is 0.452. The fraction of sp³-hybridized carbons (Fsp3) is 0.852. The Morgan fingerprint density at radius 1 is 0.824 bits per heavy atom. The Labute approximate surface area is 203 Å². The summed E-state index contributed by atoms with van der Waals surface area (Å²) in [7, 11) is 0. The molecule has 5 rings (SSSR count). The molecule has 0 saturated heterocycles. The topological polar surface area (TPSA) is 87.1 Å². The zero-order chi connectivity index (χ0) is 23.7. The number of aromatic nitrogens is 4. The third-order valence-electron chi connectivity index (χ3n) is 8.63. The summed E-state index contributed by atoms with van der Waals surface area (Å²) >= 11 is 0. The molecule has 0 radical (unpaired) electrons. The molecule has 0 bridgehead atoms. The minimum atomic E-state index is 0.305. The third-order valence-corrected chi connectivity index (χ3v) is 8.63. The van der Waals surface area contributed by atoms with E-state index in [1.54, 1.807) is 0 Å². The first-order chi connectivity index (χ1) is 16.5. The number of fused-ring (bicyclic) bond motifs is 1. The Balaban J connectivity index is 1.27. The Hall–Kier alpha value is -1.76. The predicted molar refractivity (Wildman–Crippen MR) is 128 cm³/mol. The maximum atomic E-state index is 6.47. The summed E-state index contributed by atoms with van der Waals surface area (Å²) in [5, 5.41) is 17.7. The van der Waals surface area contributed by atoms with Crippen molar-refractivity contribution in [3.63, 3.8) is 0 Å². The first-order valence-corrected chi connectivity index (χ1v) is 13.7. The maximum absolute atomic E-state index is 6.47. The van der Waals surface area contributed by atoms with Crippen LogP contribution in [0.5, 0.6) is 0 Å². The molecule has 7 atom stereocenters. The summed E-state index contributed by atoms with van der Waals surface area (Å²) in [5.41, 5.74) is 0. The van der Waals surface area contributed by atoms with Crippen molar-refractivity contribution in [3.05, 3.63) is 23.6 Å². The van der Waals surface area contributed by atoms with Crippen molar-refractivity contribution in [1.82, 2.24) is 20.4 Å². The van der Waals surface area contributed by atoms with E-state index in [-0.39, 0.29) is 0 Å². The lowest BCUT2D eigenvalue weighted by molar-refractivity contribution is 0.00154. The average Bonchev–Trinajstić information content (AvgIpc) is 3.47. The van der Waals surface area contributed by atoms with E-state index in [9.17, 15) is 0 Å². The molecule has 0 spiro atoms. The minimum absolute atomic E-state index is 0.305. The van der Waals surface area contributed by atoms with Gasteiger partial charge in [0.2, 0.25) is 23.6 Å². The summed E-state index contributed by atoms with van der Waals surface area (Å²) in [4.78, 5) is 0. The lowest BCUT2D eigenvalue weighted by Gasteiger charge is -2.43. The normalized spacial score (nSPS) is 34.3. The average molecular weight is 471 g/mol. The van der Waals surface area contributed by atoms with Crippen molar-refractivity contribution in [2.45, 2.75) is 116 Å². The molecule has 0 aromatic carbocycles. The van der Waals surface area contributed by atoms with E-state index in [0.29, 0.717) is 53.4 Å². The number of rotatable bonds is 7. The Morgan fingerprint density at radius 2 is 1.47 bits per heavy atom. The molecule has 2 aromatic rings. The van der Waals surface area contributed by atoms with Crippen LogP contribution in [0.25, 0.3) is 0 Å². The van der Waals surface area contributed by atoms with Crippen molar-refractivity contribution in [3.8, 4) is 0 Å². The second kappa shape index (κ2) is 10.5. The van der Waals surface area contributed by atoms with Gasteiger partial charge in [0.25, 0.3) is 0 Å². The van der Waals surface area contributed by atoms with Gasteiger partial charge in [-0.2, -0.15) is 0 Å². The van der Waals surface area contributed by atoms with Crippen molar-refractivity contribution in [2.75, 3.05) is 6.61 Å². The molecule has 7 nitrogen and oxygen atoms in total. The molecule has 34 heavy (non-hydrogen) atoms. The summed E-state index contributed by atoms with van der Waals surface area (Å²) in [5.74, 6) is 6.66. The van der Waals surface area contributed by atoms with E-state index < -0.39 is 0 Å². The maximum Gasteiger partial charge on any atom is 0.219 e. The van der Waals surface area contributed by atoms with Crippen LogP contribution in [-0.4, -0.2) is 33.1 Å². The van der Waals surface area contributed by atoms with E-state index in [4.69, 9.17) is 13.6 Å². The summed E-state index contributed by atoms with van der Waals surface area (Å²) in [6, 6.07) is 0. The van der Waals surface area contributed by atoms with Crippen LogP contribution in [0.1, 0.15) is 126 Å². The molecule has 3 aliphatic carbocycles. The monoisotopic (exact) mass is 470 g/mol. The standard InChI is InChI=1S/C27H42N4O3/c1-16(2)11-12-32-20-14-17(3)13-19(15-20)25-29-31-27(34-25)24-10-9-23(26-30-28-18(4)33-26)21-7-5-6-8-22(21)24/h16-17,19-24H,5-15H2,1-4H3. The van der Waals surface area contributed by atoms with E-state index >= 15 is 0 Å². The molecule has 7 unspecified atom stereocenters. The highest BCUT2D eigenvalue weighted by Gasteiger charge is 2.45. The van der Waals surface area contributed by atoms with Gasteiger partial charge in [-0.15, -0.1) is 20.4 Å². The molecular weight excluding hydrogens is 428 g/mol. The number of hydrogen-bond acceptors (Lipinski definition) is 7. The second-order valence-corrected chi connectivity index (χ2v) is 11.7. The smallest absolute Gasteiger partial charge is 0.219 e. The van der Waals surface area contributed by atoms with Crippen molar-refractivity contribution >= 4 is 0 Å². The van der Waals surface area contributed by atoms with E-state index in [0.717, 1.165) is 62.8 Å². The highest BCUT2D eigenvalue weighted by atomic mass is 16.5.